The van der Waals surface area contributed by atoms with Crippen molar-refractivity contribution in [3.63, 3.8) is 0 Å². The van der Waals surface area contributed by atoms with E-state index < -0.39 is 0 Å². The Kier molecular flexibility index (Phi) is 13.2. The molecule has 0 heterocycles. The Hall–Kier alpha value is -0.160. The third kappa shape index (κ3) is 11.0. The Morgan fingerprint density at radius 2 is 1.06 bits per heavy atom. The molecule has 110 valence electrons. The number of hydrogen-bond acceptors (Lipinski definition) is 4. The molecule has 4 heteroatoms. The first-order chi connectivity index (χ1) is 8.72. The molecule has 0 aliphatic carbocycles. The second kappa shape index (κ2) is 13.3. The molecule has 0 aromatic heterocycles. The molecule has 4 nitrogen and oxygen atoms in total. The summed E-state index contributed by atoms with van der Waals surface area (Å²) >= 11 is 0. The lowest BCUT2D eigenvalue weighted by atomic mass is 10.1. The minimum Gasteiger partial charge on any atom is -0.317 e. The zero-order chi connectivity index (χ0) is 13.6. The van der Waals surface area contributed by atoms with Crippen LogP contribution in [0.1, 0.15) is 40.5 Å². The Labute approximate surface area is 114 Å². The fourth-order valence-corrected chi connectivity index (χ4v) is 1.79. The van der Waals surface area contributed by atoms with Gasteiger partial charge in [-0.1, -0.05) is 13.8 Å². The van der Waals surface area contributed by atoms with Gasteiger partial charge in [-0.15, -0.1) is 0 Å². The van der Waals surface area contributed by atoms with Crippen LogP contribution in [0.25, 0.3) is 0 Å². The highest BCUT2D eigenvalue weighted by molar-refractivity contribution is 4.74. The molecule has 0 rings (SSSR count). The van der Waals surface area contributed by atoms with Crippen molar-refractivity contribution in [3.8, 4) is 0 Å². The first-order valence-electron chi connectivity index (χ1n) is 7.60. The van der Waals surface area contributed by atoms with E-state index in [1.54, 1.807) is 0 Å². The zero-order valence-corrected chi connectivity index (χ0v) is 12.8. The quantitative estimate of drug-likeness (QED) is 0.371. The van der Waals surface area contributed by atoms with Crippen molar-refractivity contribution in [3.05, 3.63) is 0 Å². The summed E-state index contributed by atoms with van der Waals surface area (Å²) in [5, 5.41) is 13.8. The lowest BCUT2D eigenvalue weighted by molar-refractivity contribution is 0.402. The minimum absolute atomic E-state index is 0.533. The Morgan fingerprint density at radius 1 is 0.667 bits per heavy atom. The molecule has 4 N–H and O–H groups in total. The Bertz CT molecular complexity index is 146. The van der Waals surface area contributed by atoms with Gasteiger partial charge in [0.1, 0.15) is 0 Å². The third-order valence-electron chi connectivity index (χ3n) is 3.24. The van der Waals surface area contributed by atoms with E-state index in [2.05, 4.69) is 49.0 Å². The van der Waals surface area contributed by atoms with Crippen LogP contribution < -0.4 is 21.3 Å². The summed E-state index contributed by atoms with van der Waals surface area (Å²) in [6.07, 6.45) is 2.40. The average molecular weight is 258 g/mol. The summed E-state index contributed by atoms with van der Waals surface area (Å²) in [7, 11) is 0. The van der Waals surface area contributed by atoms with Crippen molar-refractivity contribution in [2.24, 2.45) is 0 Å². The summed E-state index contributed by atoms with van der Waals surface area (Å²) in [5.41, 5.74) is 0. The van der Waals surface area contributed by atoms with Gasteiger partial charge in [0.2, 0.25) is 0 Å². The van der Waals surface area contributed by atoms with Crippen LogP contribution in [0.5, 0.6) is 0 Å². The van der Waals surface area contributed by atoms with Gasteiger partial charge in [0.05, 0.1) is 0 Å². The van der Waals surface area contributed by atoms with Crippen molar-refractivity contribution in [2.75, 3.05) is 39.3 Å². The number of nitrogens with one attached hydrogen (secondary N) is 4. The number of rotatable bonds is 13. The Morgan fingerprint density at radius 3 is 1.39 bits per heavy atom. The van der Waals surface area contributed by atoms with Crippen molar-refractivity contribution in [1.29, 1.82) is 0 Å². The van der Waals surface area contributed by atoms with E-state index in [0.29, 0.717) is 12.1 Å². The normalized spacial score (nSPS) is 14.7. The van der Waals surface area contributed by atoms with Gasteiger partial charge in [-0.2, -0.15) is 0 Å². The monoisotopic (exact) mass is 258 g/mol. The fourth-order valence-electron chi connectivity index (χ4n) is 1.79. The van der Waals surface area contributed by atoms with Crippen molar-refractivity contribution < 1.29 is 0 Å². The predicted octanol–water partition coefficient (Wildman–Crippen LogP) is 0.942. The van der Waals surface area contributed by atoms with Gasteiger partial charge < -0.3 is 21.3 Å². The fraction of sp³-hybridized carbons (Fsp3) is 1.00. The molecule has 0 aromatic rings. The van der Waals surface area contributed by atoms with Crippen LogP contribution >= 0.6 is 0 Å². The van der Waals surface area contributed by atoms with E-state index in [1.165, 1.54) is 12.8 Å². The maximum absolute atomic E-state index is 3.58. The summed E-state index contributed by atoms with van der Waals surface area (Å²) in [4.78, 5) is 0. The van der Waals surface area contributed by atoms with E-state index in [1.807, 2.05) is 0 Å². The predicted molar refractivity (Wildman–Crippen MR) is 81.3 cm³/mol. The standard InChI is InChI=1S/C14H34N4/c1-5-15-9-7-11-17-13(3)14(4)18-12-8-10-16-6-2/h13-18H,5-12H2,1-4H3. The van der Waals surface area contributed by atoms with Gasteiger partial charge in [0.25, 0.3) is 0 Å². The van der Waals surface area contributed by atoms with E-state index in [0.717, 1.165) is 39.3 Å². The molecule has 0 spiro atoms. The average Bonchev–Trinajstić information content (AvgIpc) is 2.37. The topological polar surface area (TPSA) is 48.1 Å². The van der Waals surface area contributed by atoms with Crippen LogP contribution in [0.15, 0.2) is 0 Å². The maximum Gasteiger partial charge on any atom is 0.0190 e. The smallest absolute Gasteiger partial charge is 0.0190 e. The molecule has 0 radical (unpaired) electrons. The lowest BCUT2D eigenvalue weighted by Crippen LogP contribution is -2.45. The second-order valence-electron chi connectivity index (χ2n) is 4.90. The van der Waals surface area contributed by atoms with Crippen LogP contribution in [0, 0.1) is 0 Å². The first-order valence-corrected chi connectivity index (χ1v) is 7.60. The molecule has 0 bridgehead atoms. The van der Waals surface area contributed by atoms with E-state index in [9.17, 15) is 0 Å². The highest BCUT2D eigenvalue weighted by Crippen LogP contribution is 1.92. The molecular formula is C14H34N4. The second-order valence-corrected chi connectivity index (χ2v) is 4.90. The highest BCUT2D eigenvalue weighted by Gasteiger charge is 2.09. The molecule has 0 fully saturated rings. The van der Waals surface area contributed by atoms with Crippen molar-refractivity contribution in [2.45, 2.75) is 52.6 Å². The molecule has 0 aliphatic heterocycles. The van der Waals surface area contributed by atoms with Gasteiger partial charge in [0, 0.05) is 12.1 Å². The van der Waals surface area contributed by atoms with Gasteiger partial charge in [-0.3, -0.25) is 0 Å². The summed E-state index contributed by atoms with van der Waals surface area (Å²) in [5.74, 6) is 0. The van der Waals surface area contributed by atoms with Crippen LogP contribution in [-0.4, -0.2) is 51.4 Å². The third-order valence-corrected chi connectivity index (χ3v) is 3.24. The van der Waals surface area contributed by atoms with Gasteiger partial charge in [-0.25, -0.2) is 0 Å². The minimum atomic E-state index is 0.533. The molecular weight excluding hydrogens is 224 g/mol. The van der Waals surface area contributed by atoms with Crippen LogP contribution in [0.2, 0.25) is 0 Å². The SMILES string of the molecule is CCNCCCNC(C)C(C)NCCCNCC. The van der Waals surface area contributed by atoms with E-state index in [4.69, 9.17) is 0 Å². The zero-order valence-electron chi connectivity index (χ0n) is 12.8. The van der Waals surface area contributed by atoms with Gasteiger partial charge in [0.15, 0.2) is 0 Å². The lowest BCUT2D eigenvalue weighted by Gasteiger charge is -2.22. The molecule has 2 atom stereocenters. The summed E-state index contributed by atoms with van der Waals surface area (Å²) in [6.45, 7) is 15.4. The van der Waals surface area contributed by atoms with Gasteiger partial charge in [-0.05, 0) is 66.0 Å². The first kappa shape index (κ1) is 17.8. The van der Waals surface area contributed by atoms with E-state index >= 15 is 0 Å². The largest absolute Gasteiger partial charge is 0.317 e. The van der Waals surface area contributed by atoms with Crippen molar-refractivity contribution in [1.82, 2.24) is 21.3 Å². The molecule has 18 heavy (non-hydrogen) atoms. The molecule has 0 aliphatic rings. The Balaban J connectivity index is 3.36. The molecule has 0 saturated carbocycles. The molecule has 0 amide bonds. The molecule has 0 saturated heterocycles. The van der Waals surface area contributed by atoms with Crippen molar-refractivity contribution >= 4 is 0 Å². The van der Waals surface area contributed by atoms with Crippen LogP contribution in [0.4, 0.5) is 0 Å². The summed E-state index contributed by atoms with van der Waals surface area (Å²) < 4.78 is 0. The molecule has 0 aromatic carbocycles. The maximum atomic E-state index is 3.58. The highest BCUT2D eigenvalue weighted by atomic mass is 15.0. The number of hydrogen-bond donors (Lipinski definition) is 4. The van der Waals surface area contributed by atoms with Crippen LogP contribution in [0.3, 0.4) is 0 Å². The summed E-state index contributed by atoms with van der Waals surface area (Å²) in [6, 6.07) is 1.07. The molecule has 2 unspecified atom stereocenters. The van der Waals surface area contributed by atoms with E-state index in [-0.39, 0.29) is 0 Å². The van der Waals surface area contributed by atoms with Gasteiger partial charge >= 0.3 is 0 Å². The van der Waals surface area contributed by atoms with Crippen LogP contribution in [-0.2, 0) is 0 Å².